The number of rotatable bonds is 7. The van der Waals surface area contributed by atoms with Crippen LogP contribution in [0.15, 0.2) is 30.5 Å². The van der Waals surface area contributed by atoms with Gasteiger partial charge in [0.25, 0.3) is 0 Å². The highest BCUT2D eigenvalue weighted by Crippen LogP contribution is 2.36. The number of nitrogens with one attached hydrogen (secondary N) is 1. The van der Waals surface area contributed by atoms with Gasteiger partial charge in [0.05, 0.1) is 24.8 Å². The summed E-state index contributed by atoms with van der Waals surface area (Å²) in [5.41, 5.74) is 0.0286. The zero-order valence-electron chi connectivity index (χ0n) is 17.5. The van der Waals surface area contributed by atoms with Crippen molar-refractivity contribution in [1.82, 2.24) is 15.0 Å². The van der Waals surface area contributed by atoms with Gasteiger partial charge in [0.1, 0.15) is 23.9 Å². The normalized spacial score (nSPS) is 13.7. The number of methoxy groups -OCH3 is 1. The summed E-state index contributed by atoms with van der Waals surface area (Å²) in [6.07, 6.45) is -4.07. The molecule has 0 aliphatic heterocycles. The van der Waals surface area contributed by atoms with Crippen LogP contribution in [-0.2, 0) is 6.18 Å². The monoisotopic (exact) mass is 436 g/mol. The first-order chi connectivity index (χ1) is 14.6. The predicted octanol–water partition coefficient (Wildman–Crippen LogP) is 4.29. The Morgan fingerprint density at radius 1 is 1.13 bits per heavy atom. The fourth-order valence-corrected chi connectivity index (χ4v) is 3.01. The number of nitrogens with zero attached hydrogens (tertiary/aromatic N) is 3. The molecule has 0 radical (unpaired) electrons. The number of benzene rings is 1. The molecule has 2 heterocycles. The second kappa shape index (κ2) is 8.93. The van der Waals surface area contributed by atoms with E-state index in [1.54, 1.807) is 32.9 Å². The van der Waals surface area contributed by atoms with Gasteiger partial charge in [-0.2, -0.15) is 13.2 Å². The molecule has 2 aromatic heterocycles. The summed E-state index contributed by atoms with van der Waals surface area (Å²) in [6, 6.07) is 5.40. The van der Waals surface area contributed by atoms with Gasteiger partial charge in [0, 0.05) is 17.6 Å². The lowest BCUT2D eigenvalue weighted by atomic mass is 10.1. The summed E-state index contributed by atoms with van der Waals surface area (Å²) < 4.78 is 50.0. The fourth-order valence-electron chi connectivity index (χ4n) is 3.01. The quantitative estimate of drug-likeness (QED) is 0.571. The van der Waals surface area contributed by atoms with Crippen molar-refractivity contribution in [2.75, 3.05) is 19.0 Å². The lowest BCUT2D eigenvalue weighted by molar-refractivity contribution is -0.141. The molecule has 0 saturated heterocycles. The average molecular weight is 436 g/mol. The van der Waals surface area contributed by atoms with Crippen LogP contribution >= 0.6 is 0 Å². The van der Waals surface area contributed by atoms with Crippen LogP contribution in [0.1, 0.15) is 37.0 Å². The Balaban J connectivity index is 2.00. The number of halogens is 3. The van der Waals surface area contributed by atoms with E-state index in [1.165, 1.54) is 13.2 Å². The molecule has 0 fully saturated rings. The van der Waals surface area contributed by atoms with Gasteiger partial charge in [0.2, 0.25) is 0 Å². The van der Waals surface area contributed by atoms with Crippen LogP contribution in [0.5, 0.6) is 11.5 Å². The predicted molar refractivity (Wildman–Crippen MR) is 109 cm³/mol. The van der Waals surface area contributed by atoms with E-state index in [4.69, 9.17) is 9.47 Å². The number of aliphatic hydroxyl groups is 1. The van der Waals surface area contributed by atoms with Crippen LogP contribution in [0.3, 0.4) is 0 Å². The molecular weight excluding hydrogens is 413 g/mol. The number of aryl methyl sites for hydroxylation is 1. The third-order valence-corrected chi connectivity index (χ3v) is 4.50. The number of aromatic nitrogens is 3. The highest BCUT2D eigenvalue weighted by Gasteiger charge is 2.32. The maximum absolute atomic E-state index is 13.0. The van der Waals surface area contributed by atoms with Gasteiger partial charge in [-0.05, 0) is 44.5 Å². The van der Waals surface area contributed by atoms with Crippen LogP contribution < -0.4 is 14.8 Å². The minimum atomic E-state index is -4.53. The summed E-state index contributed by atoms with van der Waals surface area (Å²) in [6.45, 7) is 5.10. The zero-order chi connectivity index (χ0) is 22.8. The highest BCUT2D eigenvalue weighted by molar-refractivity contribution is 5.92. The molecule has 0 amide bonds. The number of alkyl halides is 3. The van der Waals surface area contributed by atoms with Crippen molar-refractivity contribution >= 4 is 16.7 Å². The summed E-state index contributed by atoms with van der Waals surface area (Å²) in [5, 5.41) is 13.3. The molecule has 166 valence electrons. The Morgan fingerprint density at radius 3 is 2.52 bits per heavy atom. The maximum atomic E-state index is 13.0. The van der Waals surface area contributed by atoms with Crippen molar-refractivity contribution in [2.45, 2.75) is 39.1 Å². The minimum absolute atomic E-state index is 0.0605. The molecule has 2 atom stereocenters. The first kappa shape index (κ1) is 22.5. The van der Waals surface area contributed by atoms with Gasteiger partial charge >= 0.3 is 6.18 Å². The first-order valence-electron chi connectivity index (χ1n) is 9.55. The topological polar surface area (TPSA) is 89.4 Å². The van der Waals surface area contributed by atoms with Gasteiger partial charge < -0.3 is 19.9 Å². The van der Waals surface area contributed by atoms with E-state index in [-0.39, 0.29) is 6.61 Å². The Morgan fingerprint density at radius 2 is 1.87 bits per heavy atom. The van der Waals surface area contributed by atoms with E-state index in [0.29, 0.717) is 39.6 Å². The largest absolute Gasteiger partial charge is 0.493 e. The zero-order valence-corrected chi connectivity index (χ0v) is 17.5. The van der Waals surface area contributed by atoms with Crippen molar-refractivity contribution in [3.63, 3.8) is 0 Å². The Kier molecular flexibility index (Phi) is 6.49. The third-order valence-electron chi connectivity index (χ3n) is 4.50. The smallest absolute Gasteiger partial charge is 0.433 e. The lowest BCUT2D eigenvalue weighted by Gasteiger charge is -2.19. The molecule has 0 saturated carbocycles. The number of ether oxygens (including phenoxy) is 2. The fraction of sp³-hybridized carbons (Fsp3) is 0.381. The van der Waals surface area contributed by atoms with Crippen LogP contribution in [0.4, 0.5) is 19.0 Å². The van der Waals surface area contributed by atoms with E-state index in [1.807, 2.05) is 0 Å². The molecule has 2 N–H and O–H groups in total. The lowest BCUT2D eigenvalue weighted by Crippen LogP contribution is -2.14. The second-order valence-corrected chi connectivity index (χ2v) is 7.14. The number of aliphatic hydroxyl groups excluding tert-OH is 1. The van der Waals surface area contributed by atoms with Crippen molar-refractivity contribution in [1.29, 1.82) is 0 Å². The van der Waals surface area contributed by atoms with Gasteiger partial charge in [-0.1, -0.05) is 0 Å². The van der Waals surface area contributed by atoms with Crippen molar-refractivity contribution in [3.8, 4) is 11.5 Å². The van der Waals surface area contributed by atoms with Gasteiger partial charge in [0.15, 0.2) is 11.5 Å². The van der Waals surface area contributed by atoms with Crippen LogP contribution in [0, 0.1) is 6.92 Å². The molecule has 0 aliphatic carbocycles. The molecule has 31 heavy (non-hydrogen) atoms. The SMILES string of the molecule is COc1cc2nc(C)nc(N[C@H](C)c3ccnc(C(F)(F)F)c3)c2cc1OCC(C)O. The second-order valence-electron chi connectivity index (χ2n) is 7.14. The molecule has 3 aromatic rings. The van der Waals surface area contributed by atoms with Crippen molar-refractivity contribution < 1.29 is 27.8 Å². The van der Waals surface area contributed by atoms with Crippen molar-refractivity contribution in [3.05, 3.63) is 47.5 Å². The van der Waals surface area contributed by atoms with E-state index in [9.17, 15) is 18.3 Å². The summed E-state index contributed by atoms with van der Waals surface area (Å²) in [7, 11) is 1.49. The van der Waals surface area contributed by atoms with Gasteiger partial charge in [-0.25, -0.2) is 9.97 Å². The Hall–Kier alpha value is -3.14. The highest BCUT2D eigenvalue weighted by atomic mass is 19.4. The molecule has 7 nitrogen and oxygen atoms in total. The van der Waals surface area contributed by atoms with E-state index >= 15 is 0 Å². The van der Waals surface area contributed by atoms with Gasteiger partial charge in [-0.15, -0.1) is 0 Å². The molecular formula is C21H23F3N4O3. The van der Waals surface area contributed by atoms with Crippen LogP contribution in [-0.4, -0.2) is 39.9 Å². The van der Waals surface area contributed by atoms with E-state index in [0.717, 1.165) is 12.3 Å². The standard InChI is InChI=1S/C21H23F3N4O3/c1-11(29)10-31-18-8-15-16(9-17(18)30-4)27-13(3)28-20(15)26-12(2)14-5-6-25-19(7-14)21(22,23)24/h5-9,11-12,29H,10H2,1-4H3,(H,26,27,28)/t11?,12-/m1/s1. The van der Waals surface area contributed by atoms with E-state index in [2.05, 4.69) is 20.3 Å². The first-order valence-corrected chi connectivity index (χ1v) is 9.55. The van der Waals surface area contributed by atoms with E-state index < -0.39 is 24.0 Å². The number of pyridine rings is 1. The minimum Gasteiger partial charge on any atom is -0.493 e. The molecule has 0 aliphatic rings. The molecule has 0 spiro atoms. The molecule has 1 aromatic carbocycles. The number of hydrogen-bond acceptors (Lipinski definition) is 7. The van der Waals surface area contributed by atoms with Crippen molar-refractivity contribution in [2.24, 2.45) is 0 Å². The van der Waals surface area contributed by atoms with Crippen LogP contribution in [0.2, 0.25) is 0 Å². The number of anilines is 1. The van der Waals surface area contributed by atoms with Gasteiger partial charge in [-0.3, -0.25) is 4.98 Å². The molecule has 10 heteroatoms. The van der Waals surface area contributed by atoms with Crippen LogP contribution in [0.25, 0.3) is 10.9 Å². The Bertz CT molecular complexity index is 1070. The average Bonchev–Trinajstić information content (AvgIpc) is 2.71. The number of hydrogen-bond donors (Lipinski definition) is 2. The summed E-state index contributed by atoms with van der Waals surface area (Å²) in [5.74, 6) is 1.74. The third kappa shape index (κ3) is 5.32. The summed E-state index contributed by atoms with van der Waals surface area (Å²) >= 11 is 0. The maximum Gasteiger partial charge on any atom is 0.433 e. The molecule has 3 rings (SSSR count). The summed E-state index contributed by atoms with van der Waals surface area (Å²) in [4.78, 5) is 12.2. The number of fused-ring (bicyclic) bond motifs is 1. The Labute approximate surface area is 177 Å². The molecule has 0 bridgehead atoms. The molecule has 1 unspecified atom stereocenters.